The monoisotopic (exact) mass is 303 g/mol. The summed E-state index contributed by atoms with van der Waals surface area (Å²) in [5.74, 6) is -0.367. The first-order valence-electron chi connectivity index (χ1n) is 7.58. The molecule has 0 spiro atoms. The molecular weight excluding hydrogens is 285 g/mol. The number of nitrogens with one attached hydrogen (secondary N) is 1. The van der Waals surface area contributed by atoms with Gasteiger partial charge in [-0.15, -0.1) is 10.2 Å². The third-order valence-corrected chi connectivity index (χ3v) is 3.85. The van der Waals surface area contributed by atoms with E-state index in [0.717, 1.165) is 31.2 Å². The summed E-state index contributed by atoms with van der Waals surface area (Å²) in [5.41, 5.74) is 0.725. The molecule has 5 nitrogen and oxygen atoms in total. The smallest absolute Gasteiger partial charge is 0.309 e. The van der Waals surface area contributed by atoms with Crippen LogP contribution in [0.25, 0.3) is 0 Å². The average Bonchev–Trinajstić information content (AvgIpc) is 2.97. The Kier molecular flexibility index (Phi) is 4.46. The van der Waals surface area contributed by atoms with Crippen LogP contribution in [0.5, 0.6) is 0 Å². The second kappa shape index (κ2) is 6.68. The van der Waals surface area contributed by atoms with Crippen molar-refractivity contribution in [2.24, 2.45) is 0 Å². The molecule has 1 fully saturated rings. The first-order valence-corrected chi connectivity index (χ1v) is 7.58. The summed E-state index contributed by atoms with van der Waals surface area (Å²) in [6, 6.07) is 6.37. The number of carbonyl (C=O) groups is 1. The van der Waals surface area contributed by atoms with Crippen molar-refractivity contribution in [3.05, 3.63) is 47.4 Å². The average molecular weight is 303 g/mol. The van der Waals surface area contributed by atoms with E-state index in [1.54, 1.807) is 12.1 Å². The molecule has 0 radical (unpaired) electrons. The van der Waals surface area contributed by atoms with Gasteiger partial charge in [-0.1, -0.05) is 31.4 Å². The third kappa shape index (κ3) is 3.69. The fraction of sp³-hybridized carbons (Fsp3) is 0.438. The van der Waals surface area contributed by atoms with Gasteiger partial charge in [0.15, 0.2) is 0 Å². The maximum absolute atomic E-state index is 13.1. The standard InChI is InChI=1S/C16H18FN3O2/c17-12-6-4-5-11(9-12)10-14-19-20-16(22-14)15(21)18-13-7-2-1-3-8-13/h4-6,9,13H,1-3,7-8,10H2,(H,18,21). The van der Waals surface area contributed by atoms with E-state index in [-0.39, 0.29) is 23.7 Å². The molecule has 1 aliphatic carbocycles. The van der Waals surface area contributed by atoms with Crippen molar-refractivity contribution < 1.29 is 13.6 Å². The van der Waals surface area contributed by atoms with Crippen LogP contribution in [0.2, 0.25) is 0 Å². The van der Waals surface area contributed by atoms with Gasteiger partial charge in [-0.2, -0.15) is 0 Å². The maximum Gasteiger partial charge on any atom is 0.309 e. The molecule has 0 aliphatic heterocycles. The number of amides is 1. The van der Waals surface area contributed by atoms with Gasteiger partial charge in [-0.3, -0.25) is 4.79 Å². The summed E-state index contributed by atoms with van der Waals surface area (Å²) < 4.78 is 18.5. The number of hydrogen-bond donors (Lipinski definition) is 1. The van der Waals surface area contributed by atoms with Gasteiger partial charge in [0.2, 0.25) is 5.89 Å². The highest BCUT2D eigenvalue weighted by atomic mass is 19.1. The minimum Gasteiger partial charge on any atom is -0.417 e. The van der Waals surface area contributed by atoms with Gasteiger partial charge in [0.25, 0.3) is 0 Å². The van der Waals surface area contributed by atoms with E-state index in [4.69, 9.17) is 4.42 Å². The van der Waals surface area contributed by atoms with Gasteiger partial charge in [0.1, 0.15) is 5.82 Å². The Hall–Kier alpha value is -2.24. The van der Waals surface area contributed by atoms with Crippen LogP contribution in [0.1, 0.15) is 54.2 Å². The Balaban J connectivity index is 1.61. The highest BCUT2D eigenvalue weighted by Gasteiger charge is 2.20. The molecule has 1 heterocycles. The number of aromatic nitrogens is 2. The van der Waals surface area contributed by atoms with E-state index >= 15 is 0 Å². The lowest BCUT2D eigenvalue weighted by atomic mass is 9.95. The Bertz CT molecular complexity index is 650. The van der Waals surface area contributed by atoms with Gasteiger partial charge in [0.05, 0.1) is 6.42 Å². The first-order chi connectivity index (χ1) is 10.7. The van der Waals surface area contributed by atoms with Crippen LogP contribution in [0.15, 0.2) is 28.7 Å². The Morgan fingerprint density at radius 3 is 2.86 bits per heavy atom. The van der Waals surface area contributed by atoms with E-state index in [0.29, 0.717) is 12.3 Å². The Morgan fingerprint density at radius 1 is 1.27 bits per heavy atom. The van der Waals surface area contributed by atoms with E-state index in [1.807, 2.05) is 0 Å². The number of carbonyl (C=O) groups excluding carboxylic acids is 1. The number of nitrogens with zero attached hydrogens (tertiary/aromatic N) is 2. The summed E-state index contributed by atoms with van der Waals surface area (Å²) in [6.45, 7) is 0. The second-order valence-electron chi connectivity index (χ2n) is 5.62. The van der Waals surface area contributed by atoms with Crippen LogP contribution in [0.3, 0.4) is 0 Å². The summed E-state index contributed by atoms with van der Waals surface area (Å²) in [4.78, 5) is 12.1. The van der Waals surface area contributed by atoms with Crippen LogP contribution in [-0.4, -0.2) is 22.1 Å². The van der Waals surface area contributed by atoms with E-state index in [1.165, 1.54) is 18.6 Å². The lowest BCUT2D eigenvalue weighted by Gasteiger charge is -2.21. The van der Waals surface area contributed by atoms with Gasteiger partial charge >= 0.3 is 11.8 Å². The van der Waals surface area contributed by atoms with Gasteiger partial charge < -0.3 is 9.73 Å². The van der Waals surface area contributed by atoms with Crippen molar-refractivity contribution in [2.75, 3.05) is 0 Å². The molecule has 22 heavy (non-hydrogen) atoms. The number of halogens is 1. The molecule has 1 aliphatic rings. The normalized spacial score (nSPS) is 15.7. The molecule has 0 atom stereocenters. The summed E-state index contributed by atoms with van der Waals surface area (Å²) >= 11 is 0. The largest absolute Gasteiger partial charge is 0.417 e. The molecule has 0 unspecified atom stereocenters. The van der Waals surface area contributed by atoms with Gasteiger partial charge in [-0.05, 0) is 30.5 Å². The quantitative estimate of drug-likeness (QED) is 0.943. The van der Waals surface area contributed by atoms with E-state index in [2.05, 4.69) is 15.5 Å². The molecule has 0 saturated heterocycles. The summed E-state index contributed by atoms with van der Waals surface area (Å²) in [5, 5.41) is 10.6. The lowest BCUT2D eigenvalue weighted by molar-refractivity contribution is 0.0891. The zero-order valence-corrected chi connectivity index (χ0v) is 12.2. The molecule has 0 bridgehead atoms. The molecule has 1 N–H and O–H groups in total. The molecule has 2 aromatic rings. The molecule has 6 heteroatoms. The van der Waals surface area contributed by atoms with Gasteiger partial charge in [-0.25, -0.2) is 4.39 Å². The van der Waals surface area contributed by atoms with Gasteiger partial charge in [0, 0.05) is 6.04 Å². The maximum atomic E-state index is 13.1. The predicted molar refractivity (Wildman–Crippen MR) is 77.8 cm³/mol. The first kappa shape index (κ1) is 14.7. The van der Waals surface area contributed by atoms with Crippen molar-refractivity contribution >= 4 is 5.91 Å². The zero-order chi connectivity index (χ0) is 15.4. The van der Waals surface area contributed by atoms with Crippen LogP contribution in [0, 0.1) is 5.82 Å². The van der Waals surface area contributed by atoms with Crippen molar-refractivity contribution in [1.29, 1.82) is 0 Å². The third-order valence-electron chi connectivity index (χ3n) is 3.85. The minimum absolute atomic E-state index is 0.0306. The summed E-state index contributed by atoms with van der Waals surface area (Å²) in [6.07, 6.45) is 5.80. The van der Waals surface area contributed by atoms with Crippen LogP contribution in [-0.2, 0) is 6.42 Å². The molecule has 3 rings (SSSR count). The highest BCUT2D eigenvalue weighted by Crippen LogP contribution is 2.18. The lowest BCUT2D eigenvalue weighted by Crippen LogP contribution is -2.36. The van der Waals surface area contributed by atoms with Crippen molar-refractivity contribution in [3.63, 3.8) is 0 Å². The highest BCUT2D eigenvalue weighted by molar-refractivity contribution is 5.89. The molecule has 1 aromatic carbocycles. The fourth-order valence-corrected chi connectivity index (χ4v) is 2.73. The van der Waals surface area contributed by atoms with Crippen molar-refractivity contribution in [1.82, 2.24) is 15.5 Å². The van der Waals surface area contributed by atoms with Crippen LogP contribution in [0.4, 0.5) is 4.39 Å². The zero-order valence-electron chi connectivity index (χ0n) is 12.2. The van der Waals surface area contributed by atoms with E-state index in [9.17, 15) is 9.18 Å². The Morgan fingerprint density at radius 2 is 2.09 bits per heavy atom. The second-order valence-corrected chi connectivity index (χ2v) is 5.62. The van der Waals surface area contributed by atoms with Crippen molar-refractivity contribution in [2.45, 2.75) is 44.6 Å². The van der Waals surface area contributed by atoms with Crippen LogP contribution < -0.4 is 5.32 Å². The van der Waals surface area contributed by atoms with E-state index < -0.39 is 0 Å². The fourth-order valence-electron chi connectivity index (χ4n) is 2.73. The molecule has 1 saturated carbocycles. The topological polar surface area (TPSA) is 68.0 Å². The predicted octanol–water partition coefficient (Wildman–Crippen LogP) is 2.86. The van der Waals surface area contributed by atoms with Crippen LogP contribution >= 0.6 is 0 Å². The molecule has 1 aromatic heterocycles. The molecule has 116 valence electrons. The van der Waals surface area contributed by atoms with Crippen molar-refractivity contribution in [3.8, 4) is 0 Å². The minimum atomic E-state index is -0.329. The Labute approximate surface area is 127 Å². The number of benzene rings is 1. The number of rotatable bonds is 4. The summed E-state index contributed by atoms with van der Waals surface area (Å²) in [7, 11) is 0. The molecule has 1 amide bonds. The molecular formula is C16H18FN3O2. The number of hydrogen-bond acceptors (Lipinski definition) is 4. The SMILES string of the molecule is O=C(NC1CCCCC1)c1nnc(Cc2cccc(F)c2)o1.